The number of anilines is 1. The standard InChI is InChI=1S/C15H18N2O5/c1-10-4-7-14(22-10)12(9-20-2)16-11-5-6-13(17(18)19)15(8-11)21-3/h4-8,12,16H,9H2,1-3H3/t12-/m0/s1. The number of hydrogen-bond acceptors (Lipinski definition) is 6. The Morgan fingerprint density at radius 2 is 2.09 bits per heavy atom. The van der Waals surface area contributed by atoms with Gasteiger partial charge in [-0.3, -0.25) is 10.1 Å². The lowest BCUT2D eigenvalue weighted by Gasteiger charge is -2.17. The van der Waals surface area contributed by atoms with Crippen molar-refractivity contribution in [2.24, 2.45) is 0 Å². The molecule has 0 aliphatic heterocycles. The Kier molecular flexibility index (Phi) is 5.00. The number of rotatable bonds is 7. The van der Waals surface area contributed by atoms with E-state index in [9.17, 15) is 10.1 Å². The van der Waals surface area contributed by atoms with Crippen molar-refractivity contribution in [3.05, 3.63) is 52.0 Å². The third-order valence-electron chi connectivity index (χ3n) is 3.16. The van der Waals surface area contributed by atoms with Gasteiger partial charge in [-0.15, -0.1) is 0 Å². The smallest absolute Gasteiger partial charge is 0.311 e. The van der Waals surface area contributed by atoms with Gasteiger partial charge in [0, 0.05) is 24.9 Å². The summed E-state index contributed by atoms with van der Waals surface area (Å²) in [7, 11) is 3.00. The largest absolute Gasteiger partial charge is 0.490 e. The molecule has 0 bridgehead atoms. The summed E-state index contributed by atoms with van der Waals surface area (Å²) in [6.45, 7) is 2.26. The number of ether oxygens (including phenoxy) is 2. The maximum atomic E-state index is 10.9. The van der Waals surface area contributed by atoms with E-state index in [1.54, 1.807) is 19.2 Å². The number of nitro groups is 1. The summed E-state index contributed by atoms with van der Waals surface area (Å²) in [5.41, 5.74) is 0.601. The van der Waals surface area contributed by atoms with Crippen LogP contribution in [0.15, 0.2) is 34.7 Å². The summed E-state index contributed by atoms with van der Waals surface area (Å²) < 4.78 is 15.9. The normalized spacial score (nSPS) is 12.0. The number of aryl methyl sites for hydroxylation is 1. The van der Waals surface area contributed by atoms with E-state index in [0.29, 0.717) is 12.3 Å². The van der Waals surface area contributed by atoms with Gasteiger partial charge in [0.25, 0.3) is 0 Å². The lowest BCUT2D eigenvalue weighted by molar-refractivity contribution is -0.385. The molecule has 1 aromatic heterocycles. The maximum absolute atomic E-state index is 10.9. The van der Waals surface area contributed by atoms with Crippen molar-refractivity contribution < 1.29 is 18.8 Å². The third-order valence-corrected chi connectivity index (χ3v) is 3.16. The fourth-order valence-corrected chi connectivity index (χ4v) is 2.12. The van der Waals surface area contributed by atoms with Gasteiger partial charge >= 0.3 is 5.69 Å². The highest BCUT2D eigenvalue weighted by molar-refractivity contribution is 5.58. The molecule has 1 atom stereocenters. The van der Waals surface area contributed by atoms with Gasteiger partial charge in [0.1, 0.15) is 17.6 Å². The molecule has 0 aliphatic rings. The molecule has 22 heavy (non-hydrogen) atoms. The monoisotopic (exact) mass is 306 g/mol. The van der Waals surface area contributed by atoms with Crippen LogP contribution in [0.2, 0.25) is 0 Å². The summed E-state index contributed by atoms with van der Waals surface area (Å²) in [6.07, 6.45) is 0. The number of nitrogens with one attached hydrogen (secondary N) is 1. The van der Waals surface area contributed by atoms with E-state index in [1.165, 1.54) is 13.2 Å². The second-order valence-corrected chi connectivity index (χ2v) is 4.74. The number of methoxy groups -OCH3 is 2. The van der Waals surface area contributed by atoms with Crippen LogP contribution in [0.1, 0.15) is 17.6 Å². The fraction of sp³-hybridized carbons (Fsp3) is 0.333. The molecule has 1 heterocycles. The quantitative estimate of drug-likeness (QED) is 0.624. The summed E-state index contributed by atoms with van der Waals surface area (Å²) >= 11 is 0. The first-order valence-electron chi connectivity index (χ1n) is 6.69. The molecule has 0 amide bonds. The van der Waals surface area contributed by atoms with Crippen LogP contribution in [0.3, 0.4) is 0 Å². The van der Waals surface area contributed by atoms with Gasteiger partial charge in [-0.1, -0.05) is 0 Å². The average Bonchev–Trinajstić information content (AvgIpc) is 2.93. The van der Waals surface area contributed by atoms with Crippen LogP contribution in [0, 0.1) is 17.0 Å². The zero-order chi connectivity index (χ0) is 16.1. The van der Waals surface area contributed by atoms with E-state index < -0.39 is 4.92 Å². The lowest BCUT2D eigenvalue weighted by atomic mass is 10.2. The number of nitrogens with zero attached hydrogens (tertiary/aromatic N) is 1. The molecule has 0 saturated carbocycles. The topological polar surface area (TPSA) is 86.8 Å². The third kappa shape index (κ3) is 3.56. The second kappa shape index (κ2) is 6.95. The van der Waals surface area contributed by atoms with Gasteiger partial charge in [0.05, 0.1) is 18.6 Å². The number of furan rings is 1. The van der Waals surface area contributed by atoms with Crippen LogP contribution in [-0.4, -0.2) is 25.7 Å². The molecule has 7 nitrogen and oxygen atoms in total. The second-order valence-electron chi connectivity index (χ2n) is 4.74. The van der Waals surface area contributed by atoms with E-state index >= 15 is 0 Å². The molecule has 0 radical (unpaired) electrons. The van der Waals surface area contributed by atoms with Gasteiger partial charge < -0.3 is 19.2 Å². The van der Waals surface area contributed by atoms with E-state index in [4.69, 9.17) is 13.9 Å². The molecule has 0 aliphatic carbocycles. The lowest BCUT2D eigenvalue weighted by Crippen LogP contribution is -2.15. The SMILES string of the molecule is COC[C@H](Nc1ccc([N+](=O)[O-])c(OC)c1)c1ccc(C)o1. The van der Waals surface area contributed by atoms with Gasteiger partial charge in [-0.05, 0) is 25.1 Å². The van der Waals surface area contributed by atoms with Crippen molar-refractivity contribution >= 4 is 11.4 Å². The zero-order valence-electron chi connectivity index (χ0n) is 12.7. The van der Waals surface area contributed by atoms with Crippen LogP contribution in [0.4, 0.5) is 11.4 Å². The highest BCUT2D eigenvalue weighted by atomic mass is 16.6. The Hall–Kier alpha value is -2.54. The van der Waals surface area contributed by atoms with E-state index in [1.807, 2.05) is 19.1 Å². The number of hydrogen-bond donors (Lipinski definition) is 1. The van der Waals surface area contributed by atoms with Gasteiger partial charge in [0.2, 0.25) is 0 Å². The van der Waals surface area contributed by atoms with Crippen LogP contribution in [-0.2, 0) is 4.74 Å². The molecular weight excluding hydrogens is 288 g/mol. The van der Waals surface area contributed by atoms with Crippen molar-refractivity contribution in [3.63, 3.8) is 0 Å². The highest BCUT2D eigenvalue weighted by Crippen LogP contribution is 2.31. The summed E-state index contributed by atoms with van der Waals surface area (Å²) in [5, 5.41) is 14.1. The van der Waals surface area contributed by atoms with Crippen molar-refractivity contribution in [2.45, 2.75) is 13.0 Å². The van der Waals surface area contributed by atoms with Crippen molar-refractivity contribution in [1.29, 1.82) is 0 Å². The van der Waals surface area contributed by atoms with Crippen LogP contribution < -0.4 is 10.1 Å². The summed E-state index contributed by atoms with van der Waals surface area (Å²) in [6, 6.07) is 8.14. The molecule has 1 aromatic carbocycles. The Bertz CT molecular complexity index is 653. The molecule has 7 heteroatoms. The predicted molar refractivity (Wildman–Crippen MR) is 81.3 cm³/mol. The minimum atomic E-state index is -0.481. The van der Waals surface area contributed by atoms with E-state index in [0.717, 1.165) is 11.5 Å². The summed E-state index contributed by atoms with van der Waals surface area (Å²) in [5.74, 6) is 1.73. The molecule has 2 rings (SSSR count). The molecule has 2 aromatic rings. The van der Waals surface area contributed by atoms with Gasteiger partial charge in [-0.25, -0.2) is 0 Å². The highest BCUT2D eigenvalue weighted by Gasteiger charge is 2.18. The zero-order valence-corrected chi connectivity index (χ0v) is 12.7. The molecule has 0 unspecified atom stereocenters. The molecule has 1 N–H and O–H groups in total. The van der Waals surface area contributed by atoms with Crippen LogP contribution >= 0.6 is 0 Å². The Morgan fingerprint density at radius 1 is 1.32 bits per heavy atom. The first kappa shape index (κ1) is 15.8. The van der Waals surface area contributed by atoms with E-state index in [-0.39, 0.29) is 17.5 Å². The Morgan fingerprint density at radius 3 is 2.64 bits per heavy atom. The van der Waals surface area contributed by atoms with Gasteiger partial charge in [0.15, 0.2) is 5.75 Å². The first-order chi connectivity index (χ1) is 10.5. The van der Waals surface area contributed by atoms with Gasteiger partial charge in [-0.2, -0.15) is 0 Å². The maximum Gasteiger partial charge on any atom is 0.311 e. The van der Waals surface area contributed by atoms with E-state index in [2.05, 4.69) is 5.32 Å². The molecule has 118 valence electrons. The first-order valence-corrected chi connectivity index (χ1v) is 6.69. The average molecular weight is 306 g/mol. The predicted octanol–water partition coefficient (Wildman–Crippen LogP) is 3.30. The van der Waals surface area contributed by atoms with Crippen molar-refractivity contribution in [3.8, 4) is 5.75 Å². The minimum Gasteiger partial charge on any atom is -0.490 e. The molecule has 0 fully saturated rings. The van der Waals surface area contributed by atoms with Crippen molar-refractivity contribution in [2.75, 3.05) is 26.1 Å². The molecule has 0 saturated heterocycles. The Labute approximate surface area is 128 Å². The fourth-order valence-electron chi connectivity index (χ4n) is 2.12. The summed E-state index contributed by atoms with van der Waals surface area (Å²) in [4.78, 5) is 10.4. The number of nitro benzene ring substituents is 1. The Balaban J connectivity index is 2.24. The van der Waals surface area contributed by atoms with Crippen LogP contribution in [0.25, 0.3) is 0 Å². The van der Waals surface area contributed by atoms with Crippen LogP contribution in [0.5, 0.6) is 5.75 Å². The molecule has 0 spiro atoms. The molecular formula is C15H18N2O5. The minimum absolute atomic E-state index is 0.0785. The number of benzene rings is 1. The van der Waals surface area contributed by atoms with Crippen molar-refractivity contribution in [1.82, 2.24) is 0 Å².